The topological polar surface area (TPSA) is 102 Å². The van der Waals surface area contributed by atoms with Crippen molar-refractivity contribution in [1.29, 1.82) is 0 Å². The Labute approximate surface area is 200 Å². The first kappa shape index (κ1) is 24.9. The summed E-state index contributed by atoms with van der Waals surface area (Å²) in [5, 5.41) is 15.3. The molecule has 0 bridgehead atoms. The summed E-state index contributed by atoms with van der Waals surface area (Å²) in [6, 6.07) is 15.2. The summed E-state index contributed by atoms with van der Waals surface area (Å²) >= 11 is 0. The number of carbonyl (C=O) groups is 2. The highest BCUT2D eigenvalue weighted by molar-refractivity contribution is 5.84. The van der Waals surface area contributed by atoms with Gasteiger partial charge in [0.1, 0.15) is 12.3 Å². The van der Waals surface area contributed by atoms with Gasteiger partial charge in [-0.05, 0) is 42.2 Å². The summed E-state index contributed by atoms with van der Waals surface area (Å²) in [7, 11) is 1.60. The second kappa shape index (κ2) is 11.9. The molecule has 0 spiro atoms. The monoisotopic (exact) mass is 464 g/mol. The number of hydrogen-bond donors (Lipinski definition) is 1. The Bertz CT molecular complexity index is 1080. The summed E-state index contributed by atoms with van der Waals surface area (Å²) in [4.78, 5) is 28.4. The quantitative estimate of drug-likeness (QED) is 0.468. The number of benzene rings is 2. The van der Waals surface area contributed by atoms with E-state index in [0.717, 1.165) is 28.9 Å². The maximum Gasteiger partial charge on any atom is 0.247 e. The van der Waals surface area contributed by atoms with Gasteiger partial charge in [-0.1, -0.05) is 55.8 Å². The van der Waals surface area contributed by atoms with Gasteiger partial charge in [-0.2, -0.15) is 4.80 Å². The number of tetrazole rings is 1. The van der Waals surface area contributed by atoms with E-state index in [1.165, 1.54) is 9.70 Å². The van der Waals surface area contributed by atoms with E-state index in [4.69, 9.17) is 4.74 Å². The number of nitrogens with zero attached hydrogens (tertiary/aromatic N) is 5. The van der Waals surface area contributed by atoms with Gasteiger partial charge in [0.05, 0.1) is 13.7 Å². The van der Waals surface area contributed by atoms with Crippen LogP contribution in [0.2, 0.25) is 0 Å². The minimum absolute atomic E-state index is 0.0531. The molecule has 1 aromatic heterocycles. The van der Waals surface area contributed by atoms with E-state index in [1.807, 2.05) is 55.5 Å². The number of nitrogens with one attached hydrogen (secondary N) is 1. The highest BCUT2D eigenvalue weighted by Gasteiger charge is 2.20. The standard InChI is InChI=1S/C25H32N6O3/c1-18(2)13-14-26-23(32)16-30(15-20-7-11-22(34-4)12-8-20)24(33)17-31-28-25(27-29-31)21-9-5-19(3)6-10-21/h5-12,18H,13-17H2,1-4H3,(H,26,32). The summed E-state index contributed by atoms with van der Waals surface area (Å²) < 4.78 is 5.20. The van der Waals surface area contributed by atoms with Crippen LogP contribution in [0.1, 0.15) is 31.4 Å². The first-order valence-electron chi connectivity index (χ1n) is 11.4. The molecule has 0 aliphatic heterocycles. The van der Waals surface area contributed by atoms with Crippen molar-refractivity contribution in [2.45, 2.75) is 40.3 Å². The first-order chi connectivity index (χ1) is 16.3. The lowest BCUT2D eigenvalue weighted by Crippen LogP contribution is -2.42. The van der Waals surface area contributed by atoms with E-state index in [0.29, 0.717) is 18.3 Å². The van der Waals surface area contributed by atoms with Gasteiger partial charge in [0.15, 0.2) is 0 Å². The summed E-state index contributed by atoms with van der Waals surface area (Å²) in [5.41, 5.74) is 2.84. The molecule has 0 aliphatic rings. The number of hydrogen-bond acceptors (Lipinski definition) is 6. The number of ether oxygens (including phenoxy) is 1. The lowest BCUT2D eigenvalue weighted by molar-refractivity contribution is -0.137. The molecular weight excluding hydrogens is 432 g/mol. The predicted molar refractivity (Wildman–Crippen MR) is 129 cm³/mol. The summed E-state index contributed by atoms with van der Waals surface area (Å²) in [6.45, 7) is 6.88. The van der Waals surface area contributed by atoms with Crippen LogP contribution in [0, 0.1) is 12.8 Å². The zero-order chi connectivity index (χ0) is 24.5. The van der Waals surface area contributed by atoms with Gasteiger partial charge in [-0.15, -0.1) is 10.2 Å². The van der Waals surface area contributed by atoms with Crippen LogP contribution in [0.15, 0.2) is 48.5 Å². The molecule has 0 atom stereocenters. The second-order valence-electron chi connectivity index (χ2n) is 8.64. The van der Waals surface area contributed by atoms with E-state index in [2.05, 4.69) is 34.6 Å². The maximum atomic E-state index is 13.1. The van der Waals surface area contributed by atoms with Crippen molar-refractivity contribution in [3.8, 4) is 17.1 Å². The number of aromatic nitrogens is 4. The van der Waals surface area contributed by atoms with E-state index >= 15 is 0 Å². The number of methoxy groups -OCH3 is 1. The third-order valence-corrected chi connectivity index (χ3v) is 5.30. The molecule has 0 saturated heterocycles. The van der Waals surface area contributed by atoms with Gasteiger partial charge in [0.25, 0.3) is 0 Å². The molecule has 0 fully saturated rings. The molecule has 2 aromatic carbocycles. The van der Waals surface area contributed by atoms with E-state index < -0.39 is 0 Å². The third-order valence-electron chi connectivity index (χ3n) is 5.30. The van der Waals surface area contributed by atoms with Gasteiger partial charge in [0.2, 0.25) is 17.6 Å². The lowest BCUT2D eigenvalue weighted by Gasteiger charge is -2.22. The molecule has 34 heavy (non-hydrogen) atoms. The van der Waals surface area contributed by atoms with E-state index in [1.54, 1.807) is 7.11 Å². The van der Waals surface area contributed by atoms with Crippen LogP contribution in [0.4, 0.5) is 0 Å². The minimum Gasteiger partial charge on any atom is -0.497 e. The van der Waals surface area contributed by atoms with Crippen molar-refractivity contribution in [3.63, 3.8) is 0 Å². The Kier molecular flexibility index (Phi) is 8.73. The Morgan fingerprint density at radius 1 is 1.09 bits per heavy atom. The fourth-order valence-electron chi connectivity index (χ4n) is 3.26. The van der Waals surface area contributed by atoms with Gasteiger partial charge < -0.3 is 15.0 Å². The van der Waals surface area contributed by atoms with Gasteiger partial charge in [-0.25, -0.2) is 0 Å². The van der Waals surface area contributed by atoms with Crippen LogP contribution in [-0.2, 0) is 22.7 Å². The van der Waals surface area contributed by atoms with Crippen LogP contribution >= 0.6 is 0 Å². The molecule has 2 amide bonds. The van der Waals surface area contributed by atoms with Crippen molar-refractivity contribution < 1.29 is 14.3 Å². The van der Waals surface area contributed by atoms with Crippen LogP contribution < -0.4 is 10.1 Å². The molecule has 1 heterocycles. The molecule has 9 heteroatoms. The van der Waals surface area contributed by atoms with Crippen LogP contribution in [0.5, 0.6) is 5.75 Å². The van der Waals surface area contributed by atoms with Crippen molar-refractivity contribution >= 4 is 11.8 Å². The fraction of sp³-hybridized carbons (Fsp3) is 0.400. The van der Waals surface area contributed by atoms with Crippen molar-refractivity contribution in [2.75, 3.05) is 20.2 Å². The Hall–Kier alpha value is -3.75. The van der Waals surface area contributed by atoms with Crippen LogP contribution in [-0.4, -0.2) is 57.1 Å². The Morgan fingerprint density at radius 3 is 2.44 bits per heavy atom. The second-order valence-corrected chi connectivity index (χ2v) is 8.64. The molecule has 0 saturated carbocycles. The van der Waals surface area contributed by atoms with Gasteiger partial charge in [0, 0.05) is 18.7 Å². The normalized spacial score (nSPS) is 10.9. The van der Waals surface area contributed by atoms with Gasteiger partial charge in [-0.3, -0.25) is 9.59 Å². The Morgan fingerprint density at radius 2 is 1.79 bits per heavy atom. The largest absolute Gasteiger partial charge is 0.497 e. The maximum absolute atomic E-state index is 13.1. The zero-order valence-electron chi connectivity index (χ0n) is 20.2. The fourth-order valence-corrected chi connectivity index (χ4v) is 3.26. The third kappa shape index (κ3) is 7.40. The van der Waals surface area contributed by atoms with Crippen molar-refractivity contribution in [3.05, 3.63) is 59.7 Å². The van der Waals surface area contributed by atoms with Crippen molar-refractivity contribution in [1.82, 2.24) is 30.4 Å². The Balaban J connectivity index is 1.69. The van der Waals surface area contributed by atoms with Gasteiger partial charge >= 0.3 is 0 Å². The molecular formula is C25H32N6O3. The minimum atomic E-state index is -0.275. The highest BCUT2D eigenvalue weighted by atomic mass is 16.5. The van der Waals surface area contributed by atoms with Crippen molar-refractivity contribution in [2.24, 2.45) is 5.92 Å². The molecule has 9 nitrogen and oxygen atoms in total. The van der Waals surface area contributed by atoms with E-state index in [-0.39, 0.29) is 31.4 Å². The molecule has 0 aliphatic carbocycles. The SMILES string of the molecule is COc1ccc(CN(CC(=O)NCCC(C)C)C(=O)Cn2nnc(-c3ccc(C)cc3)n2)cc1. The number of amides is 2. The molecule has 1 N–H and O–H groups in total. The van der Waals surface area contributed by atoms with Crippen LogP contribution in [0.3, 0.4) is 0 Å². The number of rotatable bonds is 11. The van der Waals surface area contributed by atoms with Crippen LogP contribution in [0.25, 0.3) is 11.4 Å². The highest BCUT2D eigenvalue weighted by Crippen LogP contribution is 2.15. The lowest BCUT2D eigenvalue weighted by atomic mass is 10.1. The first-order valence-corrected chi connectivity index (χ1v) is 11.4. The predicted octanol–water partition coefficient (Wildman–Crippen LogP) is 2.85. The number of aryl methyl sites for hydroxylation is 1. The average Bonchev–Trinajstić information content (AvgIpc) is 3.27. The molecule has 3 aromatic rings. The molecule has 0 radical (unpaired) electrons. The number of carbonyl (C=O) groups excluding carboxylic acids is 2. The molecule has 3 rings (SSSR count). The molecule has 0 unspecified atom stereocenters. The zero-order valence-corrected chi connectivity index (χ0v) is 20.2. The summed E-state index contributed by atoms with van der Waals surface area (Å²) in [5.74, 6) is 1.18. The smallest absolute Gasteiger partial charge is 0.247 e. The average molecular weight is 465 g/mol. The summed E-state index contributed by atoms with van der Waals surface area (Å²) in [6.07, 6.45) is 0.878. The molecule has 180 valence electrons. The van der Waals surface area contributed by atoms with E-state index in [9.17, 15) is 9.59 Å².